The number of carbonyl (C=O) groups excluding carboxylic acids is 1. The van der Waals surface area contributed by atoms with Crippen molar-refractivity contribution in [1.82, 2.24) is 14.9 Å². The van der Waals surface area contributed by atoms with Crippen molar-refractivity contribution in [2.75, 3.05) is 13.1 Å². The number of nitrogens with zero attached hydrogens (tertiary/aromatic N) is 2. The summed E-state index contributed by atoms with van der Waals surface area (Å²) in [6, 6.07) is 0. The number of nitrogens with two attached hydrogens (primary N) is 1. The Bertz CT molecular complexity index is 355. The second-order valence-electron chi connectivity index (χ2n) is 5.04. The highest BCUT2D eigenvalue weighted by Gasteiger charge is 2.25. The maximum Gasteiger partial charge on any atom is 0.223 e. The summed E-state index contributed by atoms with van der Waals surface area (Å²) >= 11 is 0. The molecule has 0 atom stereocenters. The standard InChI is InChI=1S/C13H22N4O/c14-9-11-1-3-12(4-2-11)13(18)16-6-8-17-7-5-15-10-17/h5,7,10-12H,1-4,6,8-9,14H2,(H,16,18). The van der Waals surface area contributed by atoms with Crippen LogP contribution in [0.5, 0.6) is 0 Å². The van der Waals surface area contributed by atoms with Crippen LogP contribution in [0.15, 0.2) is 18.7 Å². The smallest absolute Gasteiger partial charge is 0.223 e. The zero-order valence-electron chi connectivity index (χ0n) is 10.7. The first kappa shape index (κ1) is 13.1. The largest absolute Gasteiger partial charge is 0.354 e. The van der Waals surface area contributed by atoms with E-state index < -0.39 is 0 Å². The highest BCUT2D eigenvalue weighted by atomic mass is 16.1. The molecule has 3 N–H and O–H groups in total. The molecule has 0 bridgehead atoms. The van der Waals surface area contributed by atoms with Gasteiger partial charge < -0.3 is 15.6 Å². The maximum absolute atomic E-state index is 12.0. The summed E-state index contributed by atoms with van der Waals surface area (Å²) in [5.74, 6) is 1.01. The molecule has 5 nitrogen and oxygen atoms in total. The number of amides is 1. The number of nitrogens with one attached hydrogen (secondary N) is 1. The Morgan fingerprint density at radius 1 is 1.39 bits per heavy atom. The van der Waals surface area contributed by atoms with Crippen molar-refractivity contribution in [3.8, 4) is 0 Å². The van der Waals surface area contributed by atoms with Crippen molar-refractivity contribution in [1.29, 1.82) is 0 Å². The SMILES string of the molecule is NCC1CCC(C(=O)NCCn2ccnc2)CC1. The van der Waals surface area contributed by atoms with Crippen molar-refractivity contribution >= 4 is 5.91 Å². The predicted octanol–water partition coefficient (Wildman–Crippen LogP) is 0.764. The molecule has 1 aliphatic rings. The molecule has 1 fully saturated rings. The van der Waals surface area contributed by atoms with Crippen molar-refractivity contribution in [2.45, 2.75) is 32.2 Å². The summed E-state index contributed by atoms with van der Waals surface area (Å²) in [7, 11) is 0. The summed E-state index contributed by atoms with van der Waals surface area (Å²) in [5.41, 5.74) is 5.65. The van der Waals surface area contributed by atoms with Crippen molar-refractivity contribution < 1.29 is 4.79 Å². The third-order valence-electron chi connectivity index (χ3n) is 3.78. The van der Waals surface area contributed by atoms with E-state index >= 15 is 0 Å². The minimum Gasteiger partial charge on any atom is -0.354 e. The maximum atomic E-state index is 12.0. The molecule has 0 aromatic carbocycles. The van der Waals surface area contributed by atoms with Crippen LogP contribution in [0.2, 0.25) is 0 Å². The highest BCUT2D eigenvalue weighted by molar-refractivity contribution is 5.78. The highest BCUT2D eigenvalue weighted by Crippen LogP contribution is 2.27. The van der Waals surface area contributed by atoms with Crippen LogP contribution >= 0.6 is 0 Å². The van der Waals surface area contributed by atoms with Gasteiger partial charge in [-0.2, -0.15) is 0 Å². The van der Waals surface area contributed by atoms with Gasteiger partial charge >= 0.3 is 0 Å². The average molecular weight is 250 g/mol. The lowest BCUT2D eigenvalue weighted by Crippen LogP contribution is -2.35. The number of imidazole rings is 1. The number of rotatable bonds is 5. The molecule has 1 aliphatic carbocycles. The molecule has 1 saturated carbocycles. The fourth-order valence-electron chi connectivity index (χ4n) is 2.53. The zero-order chi connectivity index (χ0) is 12.8. The van der Waals surface area contributed by atoms with E-state index in [2.05, 4.69) is 10.3 Å². The van der Waals surface area contributed by atoms with Crippen molar-refractivity contribution in [3.05, 3.63) is 18.7 Å². The predicted molar refractivity (Wildman–Crippen MR) is 69.7 cm³/mol. The Morgan fingerprint density at radius 3 is 2.78 bits per heavy atom. The molecule has 100 valence electrons. The summed E-state index contributed by atoms with van der Waals surface area (Å²) < 4.78 is 1.96. The van der Waals surface area contributed by atoms with E-state index in [1.165, 1.54) is 0 Å². The molecular weight excluding hydrogens is 228 g/mol. The summed E-state index contributed by atoms with van der Waals surface area (Å²) in [6.45, 7) is 2.21. The number of aromatic nitrogens is 2. The fourth-order valence-corrected chi connectivity index (χ4v) is 2.53. The molecule has 1 amide bonds. The first-order valence-corrected chi connectivity index (χ1v) is 6.73. The first-order valence-electron chi connectivity index (χ1n) is 6.73. The van der Waals surface area contributed by atoms with Crippen LogP contribution in [0, 0.1) is 11.8 Å². The van der Waals surface area contributed by atoms with Crippen LogP contribution in [0.4, 0.5) is 0 Å². The molecule has 0 saturated heterocycles. The third kappa shape index (κ3) is 3.57. The monoisotopic (exact) mass is 250 g/mol. The van der Waals surface area contributed by atoms with Crippen LogP contribution < -0.4 is 11.1 Å². The van der Waals surface area contributed by atoms with Gasteiger partial charge in [-0.15, -0.1) is 0 Å². The average Bonchev–Trinajstić information content (AvgIpc) is 2.92. The quantitative estimate of drug-likeness (QED) is 0.810. The molecule has 0 spiro atoms. The minimum absolute atomic E-state index is 0.190. The molecule has 0 unspecified atom stereocenters. The lowest BCUT2D eigenvalue weighted by atomic mass is 9.81. The normalized spacial score (nSPS) is 23.8. The van der Waals surface area contributed by atoms with E-state index in [0.717, 1.165) is 38.8 Å². The molecular formula is C13H22N4O. The molecule has 0 aliphatic heterocycles. The second-order valence-corrected chi connectivity index (χ2v) is 5.04. The van der Waals surface area contributed by atoms with E-state index in [9.17, 15) is 4.79 Å². The summed E-state index contributed by atoms with van der Waals surface area (Å²) in [6.07, 6.45) is 9.57. The van der Waals surface area contributed by atoms with Gasteiger partial charge in [0.25, 0.3) is 0 Å². The van der Waals surface area contributed by atoms with E-state index in [1.807, 2.05) is 10.8 Å². The summed E-state index contributed by atoms with van der Waals surface area (Å²) in [4.78, 5) is 15.9. The molecule has 0 radical (unpaired) electrons. The zero-order valence-corrected chi connectivity index (χ0v) is 10.7. The van der Waals surface area contributed by atoms with Gasteiger partial charge in [-0.25, -0.2) is 4.98 Å². The van der Waals surface area contributed by atoms with Gasteiger partial charge in [-0.1, -0.05) is 0 Å². The van der Waals surface area contributed by atoms with Gasteiger partial charge in [-0.05, 0) is 38.1 Å². The van der Waals surface area contributed by atoms with Crippen molar-refractivity contribution in [2.24, 2.45) is 17.6 Å². The third-order valence-corrected chi connectivity index (χ3v) is 3.78. The van der Waals surface area contributed by atoms with Crippen LogP contribution in [-0.2, 0) is 11.3 Å². The lowest BCUT2D eigenvalue weighted by molar-refractivity contribution is -0.126. The Hall–Kier alpha value is -1.36. The van der Waals surface area contributed by atoms with Gasteiger partial charge in [0.1, 0.15) is 0 Å². The van der Waals surface area contributed by atoms with E-state index in [1.54, 1.807) is 12.5 Å². The lowest BCUT2D eigenvalue weighted by Gasteiger charge is -2.26. The number of hydrogen-bond acceptors (Lipinski definition) is 3. The van der Waals surface area contributed by atoms with Gasteiger partial charge in [0.05, 0.1) is 6.33 Å². The molecule has 1 aromatic rings. The Labute approximate surface area is 108 Å². The molecule has 1 aromatic heterocycles. The minimum atomic E-state index is 0.190. The topological polar surface area (TPSA) is 72.9 Å². The Kier molecular flexibility index (Phi) is 4.75. The first-order chi connectivity index (χ1) is 8.79. The molecule has 2 rings (SSSR count). The molecule has 18 heavy (non-hydrogen) atoms. The summed E-state index contributed by atoms with van der Waals surface area (Å²) in [5, 5.41) is 3.00. The van der Waals surface area contributed by atoms with Gasteiger partial charge in [-0.3, -0.25) is 4.79 Å². The van der Waals surface area contributed by atoms with E-state index in [-0.39, 0.29) is 11.8 Å². The molecule has 1 heterocycles. The second kappa shape index (κ2) is 6.54. The van der Waals surface area contributed by atoms with E-state index in [0.29, 0.717) is 12.5 Å². The fraction of sp³-hybridized carbons (Fsp3) is 0.692. The van der Waals surface area contributed by atoms with Crippen LogP contribution in [0.25, 0.3) is 0 Å². The molecule has 5 heteroatoms. The van der Waals surface area contributed by atoms with Crippen molar-refractivity contribution in [3.63, 3.8) is 0 Å². The Morgan fingerprint density at radius 2 is 2.17 bits per heavy atom. The van der Waals surface area contributed by atoms with Gasteiger partial charge in [0.15, 0.2) is 0 Å². The van der Waals surface area contributed by atoms with Crippen LogP contribution in [0.1, 0.15) is 25.7 Å². The van der Waals surface area contributed by atoms with Crippen LogP contribution in [-0.4, -0.2) is 28.5 Å². The van der Waals surface area contributed by atoms with Gasteiger partial charge in [0.2, 0.25) is 5.91 Å². The number of hydrogen-bond donors (Lipinski definition) is 2. The Balaban J connectivity index is 1.66. The van der Waals surface area contributed by atoms with E-state index in [4.69, 9.17) is 5.73 Å². The van der Waals surface area contributed by atoms with Crippen LogP contribution in [0.3, 0.4) is 0 Å². The van der Waals surface area contributed by atoms with Gasteiger partial charge in [0, 0.05) is 31.4 Å². The number of carbonyl (C=O) groups is 1.